The van der Waals surface area contributed by atoms with Gasteiger partial charge in [-0.1, -0.05) is 23.7 Å². The molecule has 3 aromatic rings. The molecule has 0 saturated carbocycles. The average Bonchev–Trinajstić information content (AvgIpc) is 2.87. The van der Waals surface area contributed by atoms with E-state index in [0.29, 0.717) is 15.2 Å². The molecule has 21 heavy (non-hydrogen) atoms. The molecule has 0 radical (unpaired) electrons. The van der Waals surface area contributed by atoms with Gasteiger partial charge in [-0.15, -0.1) is 11.3 Å². The number of aromatic nitrogens is 2. The van der Waals surface area contributed by atoms with Gasteiger partial charge in [0, 0.05) is 9.90 Å². The second-order valence-corrected chi connectivity index (χ2v) is 6.18. The van der Waals surface area contributed by atoms with Crippen LogP contribution in [0, 0.1) is 0 Å². The minimum absolute atomic E-state index is 0.0495. The third-order valence-electron chi connectivity index (χ3n) is 3.04. The van der Waals surface area contributed by atoms with Gasteiger partial charge < -0.3 is 0 Å². The lowest BCUT2D eigenvalue weighted by Crippen LogP contribution is -2.22. The third-order valence-corrected chi connectivity index (χ3v) is 4.38. The van der Waals surface area contributed by atoms with Crippen molar-refractivity contribution in [3.63, 3.8) is 0 Å². The van der Waals surface area contributed by atoms with Gasteiger partial charge in [0.15, 0.2) is 0 Å². The van der Waals surface area contributed by atoms with Gasteiger partial charge in [0.05, 0.1) is 18.3 Å². The zero-order valence-corrected chi connectivity index (χ0v) is 12.7. The first-order valence-electron chi connectivity index (χ1n) is 6.29. The van der Waals surface area contributed by atoms with Crippen LogP contribution in [0.1, 0.15) is 6.92 Å². The highest BCUT2D eigenvalue weighted by Crippen LogP contribution is 2.31. The Morgan fingerprint density at radius 2 is 2.05 bits per heavy atom. The molecule has 0 N–H and O–H groups in total. The van der Waals surface area contributed by atoms with E-state index in [4.69, 9.17) is 11.6 Å². The van der Waals surface area contributed by atoms with Gasteiger partial charge in [-0.2, -0.15) is 0 Å². The summed E-state index contributed by atoms with van der Waals surface area (Å²) >= 11 is 7.32. The molecule has 6 heteroatoms. The number of fused-ring (bicyclic) bond motifs is 1. The van der Waals surface area contributed by atoms with Crippen LogP contribution in [0.2, 0.25) is 5.02 Å². The summed E-state index contributed by atoms with van der Waals surface area (Å²) in [6.45, 7) is 1.50. The van der Waals surface area contributed by atoms with Gasteiger partial charge in [0.2, 0.25) is 0 Å². The zero-order chi connectivity index (χ0) is 15.0. The SMILES string of the molecule is CC(=O)Cn1cnc2sc(-c3ccc(Cl)cc3)cc2c1=O. The molecule has 0 fully saturated rings. The molecule has 0 aliphatic carbocycles. The molecule has 0 unspecified atom stereocenters. The van der Waals surface area contributed by atoms with Crippen LogP contribution in [0.15, 0.2) is 41.5 Å². The number of thiophene rings is 1. The lowest BCUT2D eigenvalue weighted by molar-refractivity contribution is -0.117. The highest BCUT2D eigenvalue weighted by molar-refractivity contribution is 7.21. The van der Waals surface area contributed by atoms with Crippen molar-refractivity contribution in [1.82, 2.24) is 9.55 Å². The molecule has 106 valence electrons. The first-order chi connectivity index (χ1) is 10.0. The highest BCUT2D eigenvalue weighted by atomic mass is 35.5. The number of Topliss-reactive ketones (excluding diaryl/α,β-unsaturated/α-hetero) is 1. The standard InChI is InChI=1S/C15H11ClN2O2S/c1-9(19)7-18-8-17-14-12(15(18)20)6-13(21-14)10-2-4-11(16)5-3-10/h2-6,8H,7H2,1H3. The molecular formula is C15H11ClN2O2S. The first kappa shape index (κ1) is 14.0. The smallest absolute Gasteiger partial charge is 0.262 e. The molecule has 3 rings (SSSR count). The Morgan fingerprint density at radius 3 is 2.71 bits per heavy atom. The maximum Gasteiger partial charge on any atom is 0.262 e. The molecule has 4 nitrogen and oxygen atoms in total. The lowest BCUT2D eigenvalue weighted by Gasteiger charge is -2.00. The second kappa shape index (κ2) is 5.42. The molecule has 2 heterocycles. The van der Waals surface area contributed by atoms with E-state index < -0.39 is 0 Å². The van der Waals surface area contributed by atoms with E-state index in [2.05, 4.69) is 4.98 Å². The van der Waals surface area contributed by atoms with Crippen molar-refractivity contribution >= 4 is 38.9 Å². The van der Waals surface area contributed by atoms with Crippen LogP contribution in [0.4, 0.5) is 0 Å². The predicted molar refractivity (Wildman–Crippen MR) is 85.0 cm³/mol. The van der Waals surface area contributed by atoms with Crippen molar-refractivity contribution in [2.75, 3.05) is 0 Å². The molecule has 0 amide bonds. The maximum atomic E-state index is 12.3. The first-order valence-corrected chi connectivity index (χ1v) is 7.48. The van der Waals surface area contributed by atoms with Crippen molar-refractivity contribution in [3.8, 4) is 10.4 Å². The molecule has 0 saturated heterocycles. The number of nitrogens with zero attached hydrogens (tertiary/aromatic N) is 2. The molecule has 0 bridgehead atoms. The van der Waals surface area contributed by atoms with Gasteiger partial charge in [-0.3, -0.25) is 14.2 Å². The zero-order valence-electron chi connectivity index (χ0n) is 11.2. The van der Waals surface area contributed by atoms with Gasteiger partial charge >= 0.3 is 0 Å². The number of hydrogen-bond donors (Lipinski definition) is 0. The quantitative estimate of drug-likeness (QED) is 0.744. The van der Waals surface area contributed by atoms with E-state index in [9.17, 15) is 9.59 Å². The number of carbonyl (C=O) groups excluding carboxylic acids is 1. The predicted octanol–water partition coefficient (Wildman–Crippen LogP) is 3.37. The molecule has 1 aromatic carbocycles. The summed E-state index contributed by atoms with van der Waals surface area (Å²) in [6.07, 6.45) is 1.42. The van der Waals surface area contributed by atoms with Crippen molar-refractivity contribution in [2.24, 2.45) is 0 Å². The maximum absolute atomic E-state index is 12.3. The average molecular weight is 319 g/mol. The van der Waals surface area contributed by atoms with Gasteiger partial charge in [0.1, 0.15) is 10.6 Å². The Morgan fingerprint density at radius 1 is 1.33 bits per heavy atom. The van der Waals surface area contributed by atoms with Crippen LogP contribution in [0.25, 0.3) is 20.7 Å². The van der Waals surface area contributed by atoms with Crippen molar-refractivity contribution < 1.29 is 4.79 Å². The Labute approximate surface area is 129 Å². The normalized spacial score (nSPS) is 11.0. The van der Waals surface area contributed by atoms with E-state index in [1.54, 1.807) is 0 Å². The van der Waals surface area contributed by atoms with Gasteiger partial charge in [-0.05, 0) is 30.7 Å². The van der Waals surface area contributed by atoms with Crippen molar-refractivity contribution in [1.29, 1.82) is 0 Å². The minimum atomic E-state index is -0.188. The van der Waals surface area contributed by atoms with E-state index in [1.807, 2.05) is 30.3 Å². The highest BCUT2D eigenvalue weighted by Gasteiger charge is 2.11. The van der Waals surface area contributed by atoms with Gasteiger partial charge in [0.25, 0.3) is 5.56 Å². The monoisotopic (exact) mass is 318 g/mol. The summed E-state index contributed by atoms with van der Waals surface area (Å²) in [5, 5.41) is 1.20. The van der Waals surface area contributed by atoms with Crippen LogP contribution >= 0.6 is 22.9 Å². The van der Waals surface area contributed by atoms with E-state index in [0.717, 1.165) is 10.4 Å². The molecule has 0 spiro atoms. The van der Waals surface area contributed by atoms with E-state index in [1.165, 1.54) is 29.2 Å². The second-order valence-electron chi connectivity index (χ2n) is 4.72. The fraction of sp³-hybridized carbons (Fsp3) is 0.133. The summed E-state index contributed by atoms with van der Waals surface area (Å²) < 4.78 is 1.34. The van der Waals surface area contributed by atoms with Crippen LogP contribution in [-0.4, -0.2) is 15.3 Å². The number of hydrogen-bond acceptors (Lipinski definition) is 4. The van der Waals surface area contributed by atoms with Crippen LogP contribution in [0.5, 0.6) is 0 Å². The summed E-state index contributed by atoms with van der Waals surface area (Å²) in [7, 11) is 0. The summed E-state index contributed by atoms with van der Waals surface area (Å²) in [6, 6.07) is 9.24. The fourth-order valence-corrected chi connectivity index (χ4v) is 3.19. The van der Waals surface area contributed by atoms with Gasteiger partial charge in [-0.25, -0.2) is 4.98 Å². The van der Waals surface area contributed by atoms with Crippen molar-refractivity contribution in [3.05, 3.63) is 52.0 Å². The van der Waals surface area contributed by atoms with Crippen LogP contribution in [0.3, 0.4) is 0 Å². The Kier molecular flexibility index (Phi) is 3.61. The third kappa shape index (κ3) is 2.75. The Hall–Kier alpha value is -1.98. The number of ketones is 1. The summed E-state index contributed by atoms with van der Waals surface area (Å²) in [5.74, 6) is -0.0774. The minimum Gasteiger partial charge on any atom is -0.298 e. The number of rotatable bonds is 3. The molecule has 0 aliphatic rings. The number of benzene rings is 1. The van der Waals surface area contributed by atoms with E-state index in [-0.39, 0.29) is 17.9 Å². The number of carbonyl (C=O) groups is 1. The molecular weight excluding hydrogens is 308 g/mol. The summed E-state index contributed by atoms with van der Waals surface area (Å²) in [4.78, 5) is 29.4. The molecule has 0 atom stereocenters. The molecule has 2 aromatic heterocycles. The topological polar surface area (TPSA) is 52.0 Å². The van der Waals surface area contributed by atoms with Crippen molar-refractivity contribution in [2.45, 2.75) is 13.5 Å². The largest absolute Gasteiger partial charge is 0.298 e. The fourth-order valence-electron chi connectivity index (χ4n) is 2.07. The summed E-state index contributed by atoms with van der Waals surface area (Å²) in [5.41, 5.74) is 0.798. The lowest BCUT2D eigenvalue weighted by atomic mass is 10.2. The Balaban J connectivity index is 2.12. The van der Waals surface area contributed by atoms with E-state index >= 15 is 0 Å². The molecule has 0 aliphatic heterocycles. The van der Waals surface area contributed by atoms with Crippen LogP contribution < -0.4 is 5.56 Å². The number of halogens is 1. The Bertz CT molecular complexity index is 881. The van der Waals surface area contributed by atoms with Crippen LogP contribution in [-0.2, 0) is 11.3 Å².